The third kappa shape index (κ3) is 5.27. The van der Waals surface area contributed by atoms with Gasteiger partial charge in [-0.25, -0.2) is 4.98 Å². The number of fused-ring (bicyclic) bond motifs is 13. The highest BCUT2D eigenvalue weighted by molar-refractivity contribution is 6.23. The lowest BCUT2D eigenvalue weighted by Gasteiger charge is -2.53. The predicted octanol–water partition coefficient (Wildman–Crippen LogP) is 14.9. The van der Waals surface area contributed by atoms with Gasteiger partial charge in [0.15, 0.2) is 11.6 Å². The van der Waals surface area contributed by atoms with Crippen LogP contribution in [0.15, 0.2) is 162 Å². The molecule has 13 rings (SSSR count). The first-order valence-electron chi connectivity index (χ1n) is 22.2. The van der Waals surface area contributed by atoms with E-state index in [1.807, 2.05) is 30.3 Å². The van der Waals surface area contributed by atoms with E-state index < -0.39 is 0 Å². The normalized spacial score (nSPS) is 17.9. The Labute approximate surface area is 365 Å². The summed E-state index contributed by atoms with van der Waals surface area (Å²) in [6.07, 6.45) is 7.38. The van der Waals surface area contributed by atoms with E-state index in [9.17, 15) is 0 Å². The van der Waals surface area contributed by atoms with Crippen LogP contribution in [0.5, 0.6) is 0 Å². The third-order valence-corrected chi connectivity index (χ3v) is 14.6. The molecule has 7 aromatic carbocycles. The fourth-order valence-electron chi connectivity index (χ4n) is 11.4. The van der Waals surface area contributed by atoms with Gasteiger partial charge in [0.05, 0.1) is 22.1 Å². The van der Waals surface area contributed by atoms with Crippen LogP contribution in [0.4, 0.5) is 0 Å². The van der Waals surface area contributed by atoms with Gasteiger partial charge in [0.25, 0.3) is 0 Å². The summed E-state index contributed by atoms with van der Waals surface area (Å²) in [6.45, 7) is 9.93. The minimum absolute atomic E-state index is 0.107. The van der Waals surface area contributed by atoms with Crippen LogP contribution in [0.3, 0.4) is 0 Å². The Hall–Kier alpha value is -7.31. The molecular weight excluding hydrogens is 771 g/mol. The molecule has 0 amide bonds. The maximum Gasteiger partial charge on any atom is 0.238 e. The first-order valence-corrected chi connectivity index (χ1v) is 22.2. The Morgan fingerprint density at radius 2 is 1.24 bits per heavy atom. The highest BCUT2D eigenvalue weighted by Crippen LogP contribution is 2.61. The van der Waals surface area contributed by atoms with Gasteiger partial charge in [-0.2, -0.15) is 9.97 Å². The van der Waals surface area contributed by atoms with Crippen LogP contribution in [-0.4, -0.2) is 24.1 Å². The zero-order valence-electron chi connectivity index (χ0n) is 35.8. The number of hydrogen-bond donors (Lipinski definition) is 0. The maximum absolute atomic E-state index is 6.59. The molecule has 1 fully saturated rings. The molecule has 2 aliphatic carbocycles. The number of benzene rings is 7. The summed E-state index contributed by atoms with van der Waals surface area (Å²) in [4.78, 5) is 16.0. The molecule has 2 unspecified atom stereocenters. The molecule has 0 spiro atoms. The quantitative estimate of drug-likeness (QED) is 0.177. The second-order valence-corrected chi connectivity index (χ2v) is 19.1. The molecule has 1 saturated carbocycles. The summed E-state index contributed by atoms with van der Waals surface area (Å²) in [5.74, 6) is 2.48. The number of para-hydroxylation sites is 3. The fourth-order valence-corrected chi connectivity index (χ4v) is 11.4. The smallest absolute Gasteiger partial charge is 0.238 e. The Kier molecular flexibility index (Phi) is 7.56. The van der Waals surface area contributed by atoms with Crippen molar-refractivity contribution in [2.45, 2.75) is 46.5 Å². The molecule has 0 aliphatic heterocycles. The topological polar surface area (TPSA) is 61.7 Å². The van der Waals surface area contributed by atoms with Gasteiger partial charge in [-0.3, -0.25) is 4.57 Å². The number of nitrogens with zero attached hydrogens (tertiary/aromatic N) is 5. The predicted molar refractivity (Wildman–Crippen MR) is 259 cm³/mol. The second kappa shape index (κ2) is 13.1. The lowest BCUT2D eigenvalue weighted by Crippen LogP contribution is -2.43. The number of rotatable bonds is 4. The van der Waals surface area contributed by atoms with E-state index in [2.05, 4.69) is 170 Å². The highest BCUT2D eigenvalue weighted by Gasteiger charge is 2.50. The Morgan fingerprint density at radius 1 is 0.556 bits per heavy atom. The van der Waals surface area contributed by atoms with Crippen molar-refractivity contribution >= 4 is 71.5 Å². The molecule has 4 heterocycles. The molecule has 304 valence electrons. The molecule has 0 N–H and O–H groups in total. The van der Waals surface area contributed by atoms with Crippen molar-refractivity contribution in [1.29, 1.82) is 0 Å². The first-order chi connectivity index (χ1) is 30.7. The van der Waals surface area contributed by atoms with Crippen LogP contribution < -0.4 is 0 Å². The van der Waals surface area contributed by atoms with Crippen molar-refractivity contribution < 1.29 is 4.42 Å². The van der Waals surface area contributed by atoms with Crippen molar-refractivity contribution in [2.24, 2.45) is 16.7 Å². The van der Waals surface area contributed by atoms with E-state index in [-0.39, 0.29) is 10.8 Å². The molecule has 63 heavy (non-hydrogen) atoms. The van der Waals surface area contributed by atoms with E-state index >= 15 is 0 Å². The highest BCUT2D eigenvalue weighted by atomic mass is 16.3. The first kappa shape index (κ1) is 36.4. The second-order valence-electron chi connectivity index (χ2n) is 19.1. The summed E-state index contributed by atoms with van der Waals surface area (Å²) in [6, 6.07) is 53.8. The Bertz CT molecular complexity index is 3700. The van der Waals surface area contributed by atoms with Crippen molar-refractivity contribution in [1.82, 2.24) is 24.1 Å². The number of furan rings is 1. The molecule has 0 bridgehead atoms. The molecule has 2 aliphatic rings. The largest absolute Gasteiger partial charge is 0.455 e. The monoisotopic (exact) mass is 815 g/mol. The lowest BCUT2D eigenvalue weighted by atomic mass is 9.52. The number of aromatic nitrogens is 5. The van der Waals surface area contributed by atoms with Crippen molar-refractivity contribution in [3.8, 4) is 34.4 Å². The standard InChI is InChI=1S/C57H45N5O/c1-56(2)30-31-57(3,4)50-44(56)28-27-39-42-32-47-43(33-46(42)61(51(39)50)36-19-9-6-10-20-36)49-37-21-12-11-16-34(37)26-29-45(49)62(47)55-59-53(35-17-7-5-8-18-35)58-54(60-55)41-24-15-23-40-38-22-13-14-25-48(38)63-52(40)41/h5-29,32-33,44,50H,30-31H2,1-4H3. The van der Waals surface area contributed by atoms with E-state index in [0.717, 1.165) is 49.5 Å². The third-order valence-electron chi connectivity index (χ3n) is 14.6. The van der Waals surface area contributed by atoms with E-state index in [0.29, 0.717) is 29.4 Å². The molecule has 2 atom stereocenters. The zero-order valence-corrected chi connectivity index (χ0v) is 35.8. The van der Waals surface area contributed by atoms with Crippen LogP contribution in [0.1, 0.15) is 57.7 Å². The number of hydrogen-bond acceptors (Lipinski definition) is 4. The van der Waals surface area contributed by atoms with Crippen LogP contribution >= 0.6 is 0 Å². The Balaban J connectivity index is 1.16. The average molecular weight is 816 g/mol. The van der Waals surface area contributed by atoms with Gasteiger partial charge in [-0.1, -0.05) is 149 Å². The molecule has 6 heteroatoms. The van der Waals surface area contributed by atoms with Gasteiger partial charge in [-0.05, 0) is 82.8 Å². The van der Waals surface area contributed by atoms with Gasteiger partial charge in [-0.15, -0.1) is 0 Å². The maximum atomic E-state index is 6.59. The van der Waals surface area contributed by atoms with Gasteiger partial charge in [0, 0.05) is 55.4 Å². The lowest BCUT2D eigenvalue weighted by molar-refractivity contribution is 0.0485. The number of allylic oxidation sites excluding steroid dienone is 1. The molecule has 4 aromatic heterocycles. The Morgan fingerprint density at radius 3 is 2.08 bits per heavy atom. The zero-order chi connectivity index (χ0) is 42.2. The average Bonchev–Trinajstić information content (AvgIpc) is 3.97. The molecular formula is C57H45N5O. The fraction of sp³-hybridized carbons (Fsp3) is 0.175. The van der Waals surface area contributed by atoms with Crippen LogP contribution in [0, 0.1) is 16.7 Å². The van der Waals surface area contributed by atoms with Crippen LogP contribution in [-0.2, 0) is 0 Å². The van der Waals surface area contributed by atoms with Crippen molar-refractivity contribution in [3.05, 3.63) is 169 Å². The van der Waals surface area contributed by atoms with E-state index in [1.165, 1.54) is 56.8 Å². The summed E-state index contributed by atoms with van der Waals surface area (Å²) in [5.41, 5.74) is 10.9. The summed E-state index contributed by atoms with van der Waals surface area (Å²) < 4.78 is 11.5. The van der Waals surface area contributed by atoms with Gasteiger partial charge >= 0.3 is 0 Å². The molecule has 11 aromatic rings. The van der Waals surface area contributed by atoms with Crippen LogP contribution in [0.2, 0.25) is 0 Å². The summed E-state index contributed by atoms with van der Waals surface area (Å²) >= 11 is 0. The molecule has 0 saturated heterocycles. The summed E-state index contributed by atoms with van der Waals surface area (Å²) in [5, 5.41) is 8.05. The SMILES string of the molecule is CC1(C)CCC(C)(C)C2c3c(c4cc5c(cc4n3-c3ccccc3)c3c4ccccc4ccc3n5-c3nc(-c4ccccc4)nc(-c4cccc5c4oc4ccccc45)n3)C=CC21. The van der Waals surface area contributed by atoms with E-state index in [1.54, 1.807) is 0 Å². The van der Waals surface area contributed by atoms with E-state index in [4.69, 9.17) is 19.4 Å². The minimum atomic E-state index is 0.107. The van der Waals surface area contributed by atoms with Crippen molar-refractivity contribution in [2.75, 3.05) is 0 Å². The summed E-state index contributed by atoms with van der Waals surface area (Å²) in [7, 11) is 0. The minimum Gasteiger partial charge on any atom is -0.455 e. The molecule has 6 nitrogen and oxygen atoms in total. The van der Waals surface area contributed by atoms with Gasteiger partial charge < -0.3 is 8.98 Å². The van der Waals surface area contributed by atoms with Gasteiger partial charge in [0.2, 0.25) is 5.95 Å². The van der Waals surface area contributed by atoms with Gasteiger partial charge in [0.1, 0.15) is 11.2 Å². The van der Waals surface area contributed by atoms with Crippen LogP contribution in [0.25, 0.3) is 106 Å². The molecule has 0 radical (unpaired) electrons. The van der Waals surface area contributed by atoms with Crippen molar-refractivity contribution in [3.63, 3.8) is 0 Å².